The summed E-state index contributed by atoms with van der Waals surface area (Å²) in [5.41, 5.74) is 3.01. The van der Waals surface area contributed by atoms with Crippen LogP contribution in [0, 0.1) is 0 Å². The Labute approximate surface area is 126 Å². The van der Waals surface area contributed by atoms with Crippen LogP contribution < -0.4 is 5.32 Å². The minimum Gasteiger partial charge on any atom is -0.307 e. The highest BCUT2D eigenvalue weighted by molar-refractivity contribution is 6.30. The fraction of sp³-hybridized carbons (Fsp3) is 0.500. The Morgan fingerprint density at radius 1 is 1.11 bits per heavy atom. The molecule has 1 aromatic carbocycles. The second-order valence-corrected chi connectivity index (χ2v) is 5.92. The van der Waals surface area contributed by atoms with Crippen LogP contribution in [0.4, 0.5) is 0 Å². The number of rotatable bonds is 1. The van der Waals surface area contributed by atoms with Crippen molar-refractivity contribution < 1.29 is 0 Å². The van der Waals surface area contributed by atoms with Crippen molar-refractivity contribution in [2.45, 2.75) is 44.1 Å². The molecule has 1 spiro atoms. The summed E-state index contributed by atoms with van der Waals surface area (Å²) in [4.78, 5) is 0. The number of hydrogen-bond donors (Lipinski definition) is 1. The summed E-state index contributed by atoms with van der Waals surface area (Å²) < 4.78 is 0. The molecular weight excluding hydrogens is 277 g/mol. The van der Waals surface area contributed by atoms with E-state index in [2.05, 4.69) is 29.6 Å². The minimum atomic E-state index is 0. The molecule has 2 aliphatic rings. The summed E-state index contributed by atoms with van der Waals surface area (Å²) in [7, 11) is 0. The Hall–Kier alpha value is -0.500. The molecule has 0 saturated heterocycles. The Bertz CT molecular complexity index is 462. The van der Waals surface area contributed by atoms with Crippen molar-refractivity contribution in [1.29, 1.82) is 0 Å². The van der Waals surface area contributed by atoms with E-state index >= 15 is 0 Å². The second kappa shape index (κ2) is 6.30. The first-order valence-electron chi connectivity index (χ1n) is 7.02. The molecule has 1 fully saturated rings. The van der Waals surface area contributed by atoms with Gasteiger partial charge in [0.1, 0.15) is 0 Å². The van der Waals surface area contributed by atoms with Crippen molar-refractivity contribution >= 4 is 29.6 Å². The molecule has 0 radical (unpaired) electrons. The molecule has 1 aliphatic heterocycles. The molecule has 0 amide bonds. The Morgan fingerprint density at radius 3 is 2.63 bits per heavy atom. The zero-order valence-electron chi connectivity index (χ0n) is 11.1. The van der Waals surface area contributed by atoms with E-state index in [-0.39, 0.29) is 17.9 Å². The van der Waals surface area contributed by atoms with Gasteiger partial charge < -0.3 is 5.32 Å². The Morgan fingerprint density at radius 2 is 1.89 bits per heavy atom. The third-order valence-corrected chi connectivity index (χ3v) is 4.55. The van der Waals surface area contributed by atoms with Gasteiger partial charge >= 0.3 is 0 Å². The molecule has 0 bridgehead atoms. The zero-order valence-corrected chi connectivity index (χ0v) is 12.7. The lowest BCUT2D eigenvalue weighted by atomic mass is 9.72. The van der Waals surface area contributed by atoms with Gasteiger partial charge in [-0.2, -0.15) is 0 Å². The predicted octanol–water partition coefficient (Wildman–Crippen LogP) is 4.84. The van der Waals surface area contributed by atoms with Gasteiger partial charge in [0.05, 0.1) is 0 Å². The van der Waals surface area contributed by atoms with Gasteiger partial charge in [-0.25, -0.2) is 0 Å². The largest absolute Gasteiger partial charge is 0.307 e. The lowest BCUT2D eigenvalue weighted by molar-refractivity contribution is 0.295. The molecule has 19 heavy (non-hydrogen) atoms. The minimum absolute atomic E-state index is 0. The van der Waals surface area contributed by atoms with E-state index in [9.17, 15) is 0 Å². The maximum atomic E-state index is 6.14. The van der Waals surface area contributed by atoms with E-state index in [4.69, 9.17) is 11.6 Å². The van der Waals surface area contributed by atoms with Gasteiger partial charge in [0, 0.05) is 10.6 Å². The average Bonchev–Trinajstić information content (AvgIpc) is 2.40. The van der Waals surface area contributed by atoms with Crippen LogP contribution in [0.1, 0.15) is 44.1 Å². The number of nitrogens with one attached hydrogen (secondary N) is 1. The maximum Gasteiger partial charge on any atom is 0.0437 e. The van der Waals surface area contributed by atoms with Crippen molar-refractivity contribution in [2.24, 2.45) is 0 Å². The SMILES string of the molecule is Cl.Clc1cccc(C2=CCCNC23CCCCC3)c1. The fourth-order valence-electron chi connectivity index (χ4n) is 3.47. The third-order valence-electron chi connectivity index (χ3n) is 4.31. The van der Waals surface area contributed by atoms with Gasteiger partial charge in [-0.05, 0) is 49.1 Å². The highest BCUT2D eigenvalue weighted by Crippen LogP contribution is 2.41. The molecule has 1 aromatic rings. The maximum absolute atomic E-state index is 6.14. The second-order valence-electron chi connectivity index (χ2n) is 5.49. The first-order chi connectivity index (χ1) is 8.80. The average molecular weight is 298 g/mol. The van der Waals surface area contributed by atoms with E-state index in [0.717, 1.165) is 18.0 Å². The van der Waals surface area contributed by atoms with Crippen LogP contribution in [-0.4, -0.2) is 12.1 Å². The molecule has 104 valence electrons. The van der Waals surface area contributed by atoms with E-state index in [1.54, 1.807) is 0 Å². The van der Waals surface area contributed by atoms with E-state index in [1.165, 1.54) is 43.2 Å². The van der Waals surface area contributed by atoms with Gasteiger partial charge in [-0.1, -0.05) is 49.1 Å². The quantitative estimate of drug-likeness (QED) is 0.782. The number of halogens is 2. The first-order valence-corrected chi connectivity index (χ1v) is 7.40. The number of hydrogen-bond acceptors (Lipinski definition) is 1. The van der Waals surface area contributed by atoms with Crippen molar-refractivity contribution in [3.05, 3.63) is 40.9 Å². The Balaban J connectivity index is 0.00000133. The smallest absolute Gasteiger partial charge is 0.0437 e. The standard InChI is InChI=1S/C16H20ClN.ClH/c17-14-7-4-6-13(12-14)15-8-5-11-18-16(15)9-2-1-3-10-16;/h4,6-8,12,18H,1-3,5,9-11H2;1H. The van der Waals surface area contributed by atoms with Gasteiger partial charge in [0.2, 0.25) is 0 Å². The molecule has 3 heteroatoms. The summed E-state index contributed by atoms with van der Waals surface area (Å²) in [5, 5.41) is 4.63. The van der Waals surface area contributed by atoms with Gasteiger partial charge in [0.15, 0.2) is 0 Å². The van der Waals surface area contributed by atoms with Crippen LogP contribution in [0.2, 0.25) is 5.02 Å². The van der Waals surface area contributed by atoms with Crippen LogP contribution in [0.5, 0.6) is 0 Å². The van der Waals surface area contributed by atoms with Crippen LogP contribution in [-0.2, 0) is 0 Å². The van der Waals surface area contributed by atoms with Gasteiger partial charge in [-0.3, -0.25) is 0 Å². The van der Waals surface area contributed by atoms with Crippen LogP contribution in [0.25, 0.3) is 5.57 Å². The first kappa shape index (κ1) is 14.9. The molecule has 1 nitrogen and oxygen atoms in total. The molecule has 3 rings (SSSR count). The lowest BCUT2D eigenvalue weighted by Crippen LogP contribution is -2.49. The van der Waals surface area contributed by atoms with E-state index in [0.29, 0.717) is 0 Å². The van der Waals surface area contributed by atoms with Crippen molar-refractivity contribution in [1.82, 2.24) is 5.32 Å². The molecule has 0 aromatic heterocycles. The topological polar surface area (TPSA) is 12.0 Å². The zero-order chi connectivity index (χ0) is 12.4. The van der Waals surface area contributed by atoms with Crippen LogP contribution in [0.3, 0.4) is 0 Å². The molecule has 1 saturated carbocycles. The predicted molar refractivity (Wildman–Crippen MR) is 85.1 cm³/mol. The molecule has 1 heterocycles. The van der Waals surface area contributed by atoms with Gasteiger partial charge in [0.25, 0.3) is 0 Å². The lowest BCUT2D eigenvalue weighted by Gasteiger charge is -2.43. The summed E-state index contributed by atoms with van der Waals surface area (Å²) in [6.07, 6.45) is 10.1. The van der Waals surface area contributed by atoms with Crippen LogP contribution in [0.15, 0.2) is 30.3 Å². The summed E-state index contributed by atoms with van der Waals surface area (Å²) in [6, 6.07) is 8.32. The molecular formula is C16H21Cl2N. The summed E-state index contributed by atoms with van der Waals surface area (Å²) in [6.45, 7) is 1.12. The van der Waals surface area contributed by atoms with E-state index in [1.807, 2.05) is 6.07 Å². The van der Waals surface area contributed by atoms with Crippen LogP contribution >= 0.6 is 24.0 Å². The van der Waals surface area contributed by atoms with Crippen molar-refractivity contribution in [3.8, 4) is 0 Å². The summed E-state index contributed by atoms with van der Waals surface area (Å²) in [5.74, 6) is 0. The van der Waals surface area contributed by atoms with Gasteiger partial charge in [-0.15, -0.1) is 12.4 Å². The van der Waals surface area contributed by atoms with Crippen molar-refractivity contribution in [2.75, 3.05) is 6.54 Å². The molecule has 0 unspecified atom stereocenters. The molecule has 1 aliphatic carbocycles. The van der Waals surface area contributed by atoms with E-state index < -0.39 is 0 Å². The Kier molecular flexibility index (Phi) is 4.94. The monoisotopic (exact) mass is 297 g/mol. The van der Waals surface area contributed by atoms with Crippen molar-refractivity contribution in [3.63, 3.8) is 0 Å². The number of benzene rings is 1. The molecule has 0 atom stereocenters. The molecule has 1 N–H and O–H groups in total. The summed E-state index contributed by atoms with van der Waals surface area (Å²) >= 11 is 6.14. The normalized spacial score (nSPS) is 21.6. The highest BCUT2D eigenvalue weighted by atomic mass is 35.5. The highest BCUT2D eigenvalue weighted by Gasteiger charge is 2.37. The fourth-order valence-corrected chi connectivity index (χ4v) is 3.66. The third kappa shape index (κ3) is 2.99.